The van der Waals surface area contributed by atoms with Gasteiger partial charge < -0.3 is 5.32 Å². The molecule has 7 heteroatoms. The molecule has 3 amide bonds. The van der Waals surface area contributed by atoms with Crippen LogP contribution in [0.1, 0.15) is 34.3 Å². The summed E-state index contributed by atoms with van der Waals surface area (Å²) in [6.07, 6.45) is -0.0341. The lowest BCUT2D eigenvalue weighted by Crippen LogP contribution is -2.41. The third-order valence-corrected chi connectivity index (χ3v) is 3.92. The van der Waals surface area contributed by atoms with Crippen LogP contribution >= 0.6 is 11.6 Å². The maximum absolute atomic E-state index is 12.0. The van der Waals surface area contributed by atoms with Gasteiger partial charge in [0.05, 0.1) is 0 Å². The summed E-state index contributed by atoms with van der Waals surface area (Å²) in [6.45, 7) is 3.83. The van der Waals surface area contributed by atoms with Crippen molar-refractivity contribution in [3.05, 3.63) is 64.2 Å². The second-order valence-corrected chi connectivity index (χ2v) is 6.31. The average molecular weight is 374 g/mol. The quantitative estimate of drug-likeness (QED) is 0.703. The predicted molar refractivity (Wildman–Crippen MR) is 101 cm³/mol. The van der Waals surface area contributed by atoms with Gasteiger partial charge in [0.25, 0.3) is 5.91 Å². The fourth-order valence-corrected chi connectivity index (χ4v) is 2.30. The Morgan fingerprint density at radius 2 is 1.54 bits per heavy atom. The normalized spacial score (nSPS) is 10.1. The first-order valence-electron chi connectivity index (χ1n) is 8.07. The Balaban J connectivity index is 1.75. The van der Waals surface area contributed by atoms with Gasteiger partial charge in [0, 0.05) is 29.1 Å². The van der Waals surface area contributed by atoms with E-state index in [-0.39, 0.29) is 18.7 Å². The van der Waals surface area contributed by atoms with E-state index >= 15 is 0 Å². The summed E-state index contributed by atoms with van der Waals surface area (Å²) in [7, 11) is 0. The first-order chi connectivity index (χ1) is 12.3. The largest absolute Gasteiger partial charge is 0.326 e. The minimum absolute atomic E-state index is 0.00995. The highest BCUT2D eigenvalue weighted by Gasteiger charge is 2.10. The van der Waals surface area contributed by atoms with Gasteiger partial charge in [0.2, 0.25) is 11.8 Å². The van der Waals surface area contributed by atoms with Crippen LogP contribution in [0.15, 0.2) is 42.5 Å². The number of carbonyl (C=O) groups is 3. The molecule has 136 valence electrons. The van der Waals surface area contributed by atoms with E-state index in [1.165, 1.54) is 0 Å². The monoisotopic (exact) mass is 373 g/mol. The van der Waals surface area contributed by atoms with Crippen LogP contribution in [-0.4, -0.2) is 17.7 Å². The first kappa shape index (κ1) is 19.5. The van der Waals surface area contributed by atoms with Crippen molar-refractivity contribution in [1.82, 2.24) is 10.9 Å². The van der Waals surface area contributed by atoms with Crippen LogP contribution in [-0.2, 0) is 9.59 Å². The molecule has 2 aromatic carbocycles. The van der Waals surface area contributed by atoms with E-state index in [4.69, 9.17) is 11.6 Å². The number of anilines is 1. The number of aryl methyl sites for hydroxylation is 2. The van der Waals surface area contributed by atoms with Crippen molar-refractivity contribution in [2.24, 2.45) is 0 Å². The molecule has 6 nitrogen and oxygen atoms in total. The van der Waals surface area contributed by atoms with Gasteiger partial charge in [-0.15, -0.1) is 0 Å². The van der Waals surface area contributed by atoms with E-state index in [0.29, 0.717) is 10.6 Å². The van der Waals surface area contributed by atoms with Gasteiger partial charge in [-0.2, -0.15) is 0 Å². The van der Waals surface area contributed by atoms with Crippen LogP contribution in [0.2, 0.25) is 5.02 Å². The predicted octanol–water partition coefficient (Wildman–Crippen LogP) is 3.14. The van der Waals surface area contributed by atoms with Crippen molar-refractivity contribution in [2.75, 3.05) is 5.32 Å². The topological polar surface area (TPSA) is 87.3 Å². The number of hydrogen-bond donors (Lipinski definition) is 3. The van der Waals surface area contributed by atoms with E-state index in [1.54, 1.807) is 24.3 Å². The number of rotatable bonds is 5. The Bertz CT molecular complexity index is 819. The van der Waals surface area contributed by atoms with Gasteiger partial charge in [-0.05, 0) is 55.3 Å². The number of carbonyl (C=O) groups excluding carboxylic acids is 3. The average Bonchev–Trinajstić information content (AvgIpc) is 2.61. The Hall–Kier alpha value is -2.86. The van der Waals surface area contributed by atoms with E-state index < -0.39 is 11.8 Å². The van der Waals surface area contributed by atoms with E-state index in [0.717, 1.165) is 16.8 Å². The molecule has 0 fully saturated rings. The minimum atomic E-state index is -0.463. The molecule has 2 rings (SSSR count). The lowest BCUT2D eigenvalue weighted by molar-refractivity contribution is -0.124. The molecule has 2 aromatic rings. The van der Waals surface area contributed by atoms with Crippen molar-refractivity contribution < 1.29 is 14.4 Å². The molecule has 0 aliphatic heterocycles. The molecule has 0 bridgehead atoms. The summed E-state index contributed by atoms with van der Waals surface area (Å²) in [6, 6.07) is 12.0. The van der Waals surface area contributed by atoms with E-state index in [9.17, 15) is 14.4 Å². The molecule has 0 aromatic heterocycles. The molecule has 0 radical (unpaired) electrons. The van der Waals surface area contributed by atoms with Gasteiger partial charge in [-0.25, -0.2) is 0 Å². The van der Waals surface area contributed by atoms with Gasteiger partial charge in [-0.3, -0.25) is 25.2 Å². The highest BCUT2D eigenvalue weighted by molar-refractivity contribution is 6.30. The third kappa shape index (κ3) is 5.89. The summed E-state index contributed by atoms with van der Waals surface area (Å²) in [5, 5.41) is 3.30. The molecular weight excluding hydrogens is 354 g/mol. The van der Waals surface area contributed by atoms with Crippen molar-refractivity contribution >= 4 is 35.0 Å². The summed E-state index contributed by atoms with van der Waals surface area (Å²) >= 11 is 5.75. The zero-order valence-corrected chi connectivity index (χ0v) is 15.3. The molecule has 0 saturated carbocycles. The highest BCUT2D eigenvalue weighted by Crippen LogP contribution is 2.16. The second-order valence-electron chi connectivity index (χ2n) is 5.88. The Morgan fingerprint density at radius 3 is 2.23 bits per heavy atom. The summed E-state index contributed by atoms with van der Waals surface area (Å²) in [4.78, 5) is 35.6. The zero-order valence-electron chi connectivity index (χ0n) is 14.6. The second kappa shape index (κ2) is 9.01. The molecular formula is C19H20ClN3O3. The molecule has 0 aliphatic rings. The SMILES string of the molecule is Cc1ccc(C)c(NC(=O)CCC(=O)NNC(=O)c2ccc(Cl)cc2)c1. The summed E-state index contributed by atoms with van der Waals surface area (Å²) < 4.78 is 0. The maximum atomic E-state index is 12.0. The van der Waals surface area contributed by atoms with Gasteiger partial charge >= 0.3 is 0 Å². The summed E-state index contributed by atoms with van der Waals surface area (Å²) in [5.74, 6) is -1.18. The lowest BCUT2D eigenvalue weighted by Gasteiger charge is -2.10. The molecule has 0 unspecified atom stereocenters. The van der Waals surface area contributed by atoms with Crippen LogP contribution in [0, 0.1) is 13.8 Å². The molecule has 0 spiro atoms. The fourth-order valence-electron chi connectivity index (χ4n) is 2.17. The minimum Gasteiger partial charge on any atom is -0.326 e. The molecule has 0 saturated heterocycles. The van der Waals surface area contributed by atoms with Gasteiger partial charge in [0.1, 0.15) is 0 Å². The van der Waals surface area contributed by atoms with Crippen LogP contribution in [0.25, 0.3) is 0 Å². The number of amides is 3. The van der Waals surface area contributed by atoms with E-state index in [2.05, 4.69) is 16.2 Å². The Labute approximate surface area is 156 Å². The molecule has 0 atom stereocenters. The van der Waals surface area contributed by atoms with E-state index in [1.807, 2.05) is 32.0 Å². The van der Waals surface area contributed by atoms with Gasteiger partial charge in [0.15, 0.2) is 0 Å². The number of halogens is 1. The fraction of sp³-hybridized carbons (Fsp3) is 0.211. The van der Waals surface area contributed by atoms with Crippen LogP contribution in [0.5, 0.6) is 0 Å². The molecule has 3 N–H and O–H groups in total. The number of benzene rings is 2. The number of hydrazine groups is 1. The van der Waals surface area contributed by atoms with Crippen molar-refractivity contribution in [3.8, 4) is 0 Å². The first-order valence-corrected chi connectivity index (χ1v) is 8.45. The Morgan fingerprint density at radius 1 is 0.885 bits per heavy atom. The van der Waals surface area contributed by atoms with Crippen molar-refractivity contribution in [3.63, 3.8) is 0 Å². The van der Waals surface area contributed by atoms with Crippen molar-refractivity contribution in [2.45, 2.75) is 26.7 Å². The summed E-state index contributed by atoms with van der Waals surface area (Å²) in [5.41, 5.74) is 7.65. The standard InChI is InChI=1S/C19H20ClN3O3/c1-12-3-4-13(2)16(11-12)21-17(24)9-10-18(25)22-23-19(26)14-5-7-15(20)8-6-14/h3-8,11H,9-10H2,1-2H3,(H,21,24)(H,22,25)(H,23,26). The zero-order chi connectivity index (χ0) is 19.1. The Kier molecular flexibility index (Phi) is 6.74. The van der Waals surface area contributed by atoms with Crippen molar-refractivity contribution in [1.29, 1.82) is 0 Å². The number of hydrogen-bond acceptors (Lipinski definition) is 3. The van der Waals surface area contributed by atoms with Crippen LogP contribution in [0.4, 0.5) is 5.69 Å². The molecule has 26 heavy (non-hydrogen) atoms. The highest BCUT2D eigenvalue weighted by atomic mass is 35.5. The maximum Gasteiger partial charge on any atom is 0.269 e. The van der Waals surface area contributed by atoms with Crippen LogP contribution in [0.3, 0.4) is 0 Å². The smallest absolute Gasteiger partial charge is 0.269 e. The molecule has 0 heterocycles. The lowest BCUT2D eigenvalue weighted by atomic mass is 10.1. The number of nitrogens with one attached hydrogen (secondary N) is 3. The molecule has 0 aliphatic carbocycles. The van der Waals surface area contributed by atoms with Gasteiger partial charge in [-0.1, -0.05) is 23.7 Å². The van der Waals surface area contributed by atoms with Crippen LogP contribution < -0.4 is 16.2 Å². The third-order valence-electron chi connectivity index (χ3n) is 3.67.